The van der Waals surface area contributed by atoms with Crippen LogP contribution in [0.25, 0.3) is 0 Å². The van der Waals surface area contributed by atoms with E-state index in [4.69, 9.17) is 0 Å². The van der Waals surface area contributed by atoms with Crippen molar-refractivity contribution in [2.75, 3.05) is 0 Å². The summed E-state index contributed by atoms with van der Waals surface area (Å²) in [4.78, 5) is -0.137. The lowest BCUT2D eigenvalue weighted by Crippen LogP contribution is -2.38. The molecule has 3 nitrogen and oxygen atoms in total. The van der Waals surface area contributed by atoms with Crippen molar-refractivity contribution >= 4 is 10.0 Å². The Morgan fingerprint density at radius 1 is 1.07 bits per heavy atom. The normalized spacial score (nSPS) is 17.0. The minimum atomic E-state index is -4.36. The Hall–Kier alpha value is -2.47. The summed E-state index contributed by atoms with van der Waals surface area (Å²) >= 11 is 0. The van der Waals surface area contributed by atoms with Gasteiger partial charge in [0.2, 0.25) is 0 Å². The van der Waals surface area contributed by atoms with Crippen LogP contribution in [-0.2, 0) is 16.4 Å². The molecule has 0 saturated carbocycles. The number of sulfonamides is 1. The van der Waals surface area contributed by atoms with Gasteiger partial charge in [0.25, 0.3) is 10.0 Å². The molecule has 27 heavy (non-hydrogen) atoms. The summed E-state index contributed by atoms with van der Waals surface area (Å²) in [5, 5.41) is 0. The molecule has 1 aliphatic carbocycles. The monoisotopic (exact) mass is 389 g/mol. The highest BCUT2D eigenvalue weighted by molar-refractivity contribution is 7.89. The minimum Gasteiger partial charge on any atom is -0.210 e. The molecule has 0 aliphatic heterocycles. The van der Waals surface area contributed by atoms with Crippen LogP contribution in [0, 0.1) is 12.8 Å². The summed E-state index contributed by atoms with van der Waals surface area (Å²) in [5.41, 5.74) is 1.96. The van der Waals surface area contributed by atoms with Crippen molar-refractivity contribution in [2.45, 2.75) is 31.2 Å². The fraction of sp³-hybridized carbons (Fsp3) is 0.238. The largest absolute Gasteiger partial charge is 0.327 e. The number of halogens is 2. The number of aryl methyl sites for hydroxylation is 1. The Kier molecular flexibility index (Phi) is 5.75. The van der Waals surface area contributed by atoms with Crippen molar-refractivity contribution in [3.8, 4) is 0 Å². The zero-order valence-corrected chi connectivity index (χ0v) is 15.7. The molecule has 0 N–H and O–H groups in total. The zero-order chi connectivity index (χ0) is 19.4. The molecule has 2 aromatic rings. The van der Waals surface area contributed by atoms with E-state index in [9.17, 15) is 17.2 Å². The molecular weight excluding hydrogens is 368 g/mol. The van der Waals surface area contributed by atoms with Crippen molar-refractivity contribution < 1.29 is 17.2 Å². The van der Waals surface area contributed by atoms with Gasteiger partial charge in [-0.1, -0.05) is 60.2 Å². The highest BCUT2D eigenvalue weighted by atomic mass is 32.2. The predicted octanol–water partition coefficient (Wildman–Crippen LogP) is 4.91. The molecule has 142 valence electrons. The third kappa shape index (κ3) is 4.27. The lowest BCUT2D eigenvalue weighted by atomic mass is 9.90. The van der Waals surface area contributed by atoms with Gasteiger partial charge in [-0.2, -0.15) is 8.78 Å². The first-order chi connectivity index (χ1) is 12.9. The minimum absolute atomic E-state index is 0.122. The number of nitrogens with zero attached hydrogens (tertiary/aromatic N) is 1. The van der Waals surface area contributed by atoms with E-state index < -0.39 is 16.6 Å². The summed E-state index contributed by atoms with van der Waals surface area (Å²) in [6.07, 6.45) is 5.99. The first kappa shape index (κ1) is 19.3. The molecule has 0 bridgehead atoms. The number of allylic oxidation sites excluding steroid dienone is 4. The average molecular weight is 389 g/mol. The van der Waals surface area contributed by atoms with Crippen molar-refractivity contribution in [1.82, 2.24) is 4.31 Å². The van der Waals surface area contributed by atoms with Crippen molar-refractivity contribution in [2.24, 2.45) is 5.92 Å². The standard InChI is InChI=1S/C21H21F2NO2S/c1-16-11-13-19(14-12-16)27(25,26)24(21(22)23)20-10-6-5-9-18(20)15-17-7-3-2-4-8-17/h2-8,10-14,18,21H,9,15H2,1H3/t18-/m1/s1. The second-order valence-electron chi connectivity index (χ2n) is 6.53. The Morgan fingerprint density at radius 2 is 1.74 bits per heavy atom. The van der Waals surface area contributed by atoms with E-state index in [2.05, 4.69) is 0 Å². The van der Waals surface area contributed by atoms with Gasteiger partial charge in [0.1, 0.15) is 0 Å². The van der Waals surface area contributed by atoms with Crippen LogP contribution in [0.3, 0.4) is 0 Å². The topological polar surface area (TPSA) is 37.4 Å². The van der Waals surface area contributed by atoms with Crippen molar-refractivity contribution in [3.05, 3.63) is 89.6 Å². The first-order valence-corrected chi connectivity index (χ1v) is 10.1. The van der Waals surface area contributed by atoms with Crippen LogP contribution < -0.4 is 0 Å². The van der Waals surface area contributed by atoms with Crippen molar-refractivity contribution in [1.29, 1.82) is 0 Å². The molecule has 6 heteroatoms. The van der Waals surface area contributed by atoms with E-state index in [0.29, 0.717) is 12.8 Å². The van der Waals surface area contributed by atoms with Gasteiger partial charge in [-0.3, -0.25) is 0 Å². The van der Waals surface area contributed by atoms with Gasteiger partial charge >= 0.3 is 6.55 Å². The number of rotatable bonds is 6. The van der Waals surface area contributed by atoms with E-state index in [1.807, 2.05) is 43.3 Å². The molecule has 0 aromatic heterocycles. The van der Waals surface area contributed by atoms with Gasteiger partial charge in [0, 0.05) is 11.6 Å². The number of hydrogen-bond acceptors (Lipinski definition) is 2. The smallest absolute Gasteiger partial charge is 0.210 e. The van der Waals surface area contributed by atoms with Crippen LogP contribution >= 0.6 is 0 Å². The van der Waals surface area contributed by atoms with Crippen LogP contribution in [0.4, 0.5) is 8.78 Å². The maximum atomic E-state index is 13.9. The van der Waals surface area contributed by atoms with Gasteiger partial charge in [-0.15, -0.1) is 0 Å². The molecule has 0 radical (unpaired) electrons. The maximum Gasteiger partial charge on any atom is 0.327 e. The van der Waals surface area contributed by atoms with E-state index in [1.54, 1.807) is 18.2 Å². The lowest BCUT2D eigenvalue weighted by molar-refractivity contribution is 0.0441. The zero-order valence-electron chi connectivity index (χ0n) is 14.9. The highest BCUT2D eigenvalue weighted by Gasteiger charge is 2.36. The second-order valence-corrected chi connectivity index (χ2v) is 8.35. The van der Waals surface area contributed by atoms with Crippen LogP contribution in [-0.4, -0.2) is 19.3 Å². The second kappa shape index (κ2) is 8.05. The molecule has 1 atom stereocenters. The lowest BCUT2D eigenvalue weighted by Gasteiger charge is -2.32. The van der Waals surface area contributed by atoms with E-state index >= 15 is 0 Å². The third-order valence-electron chi connectivity index (χ3n) is 4.58. The van der Waals surface area contributed by atoms with Gasteiger partial charge in [0.15, 0.2) is 0 Å². The molecule has 3 rings (SSSR count). The Labute approximate surface area is 158 Å². The predicted molar refractivity (Wildman–Crippen MR) is 102 cm³/mol. The Morgan fingerprint density at radius 3 is 2.37 bits per heavy atom. The first-order valence-electron chi connectivity index (χ1n) is 8.69. The van der Waals surface area contributed by atoms with Gasteiger partial charge in [-0.25, -0.2) is 12.7 Å². The van der Waals surface area contributed by atoms with E-state index in [1.165, 1.54) is 18.2 Å². The van der Waals surface area contributed by atoms with E-state index in [0.717, 1.165) is 11.1 Å². The summed E-state index contributed by atoms with van der Waals surface area (Å²) in [7, 11) is -4.36. The van der Waals surface area contributed by atoms with Gasteiger partial charge in [0.05, 0.1) is 4.90 Å². The van der Waals surface area contributed by atoms with Crippen LogP contribution in [0.15, 0.2) is 83.4 Å². The highest BCUT2D eigenvalue weighted by Crippen LogP contribution is 2.34. The maximum absolute atomic E-state index is 13.9. The molecule has 0 spiro atoms. The van der Waals surface area contributed by atoms with Crippen LogP contribution in [0.5, 0.6) is 0 Å². The van der Waals surface area contributed by atoms with Gasteiger partial charge < -0.3 is 0 Å². The quantitative estimate of drug-likeness (QED) is 0.658. The fourth-order valence-electron chi connectivity index (χ4n) is 3.19. The number of alkyl halides is 2. The van der Waals surface area contributed by atoms with Gasteiger partial charge in [-0.05, 0) is 43.5 Å². The molecule has 0 unspecified atom stereocenters. The average Bonchev–Trinajstić information content (AvgIpc) is 2.64. The van der Waals surface area contributed by atoms with Crippen molar-refractivity contribution in [3.63, 3.8) is 0 Å². The summed E-state index contributed by atoms with van der Waals surface area (Å²) < 4.78 is 54.1. The summed E-state index contributed by atoms with van der Waals surface area (Å²) in [5.74, 6) is -0.341. The molecule has 0 saturated heterocycles. The molecular formula is C21H21F2NO2S. The van der Waals surface area contributed by atoms with Crippen LogP contribution in [0.2, 0.25) is 0 Å². The third-order valence-corrected chi connectivity index (χ3v) is 6.33. The molecule has 1 aliphatic rings. The molecule has 0 amide bonds. The number of benzene rings is 2. The SMILES string of the molecule is Cc1ccc(S(=O)(=O)N(C2=CC=CC[C@@H]2Cc2ccccc2)C(F)F)cc1. The fourth-order valence-corrected chi connectivity index (χ4v) is 4.59. The summed E-state index contributed by atoms with van der Waals surface area (Å²) in [6, 6.07) is 15.4. The van der Waals surface area contributed by atoms with E-state index in [-0.39, 0.29) is 20.8 Å². The molecule has 0 heterocycles. The van der Waals surface area contributed by atoms with Crippen LogP contribution in [0.1, 0.15) is 17.5 Å². The Balaban J connectivity index is 1.98. The molecule has 2 aromatic carbocycles. The molecule has 0 fully saturated rings. The summed E-state index contributed by atoms with van der Waals surface area (Å²) in [6.45, 7) is -1.35. The Bertz CT molecular complexity index is 936. The number of hydrogen-bond donors (Lipinski definition) is 0.